The number of carboxylic acids is 1. The summed E-state index contributed by atoms with van der Waals surface area (Å²) in [6.07, 6.45) is 6.43. The molecule has 90 valence electrons. The number of ether oxygens (including phenoxy) is 1. The van der Waals surface area contributed by atoms with Gasteiger partial charge in [0.25, 0.3) is 0 Å². The molecule has 0 aliphatic carbocycles. The van der Waals surface area contributed by atoms with Crippen molar-refractivity contribution in [2.45, 2.75) is 37.5 Å². The summed E-state index contributed by atoms with van der Waals surface area (Å²) in [7, 11) is 0. The van der Waals surface area contributed by atoms with E-state index in [1.165, 1.54) is 12.4 Å². The first kappa shape index (κ1) is 10.5. The Morgan fingerprint density at radius 1 is 1.41 bits per heavy atom. The number of rotatable bonds is 3. The van der Waals surface area contributed by atoms with E-state index in [0.717, 1.165) is 19.3 Å². The van der Waals surface area contributed by atoms with E-state index in [0.29, 0.717) is 11.9 Å². The summed E-state index contributed by atoms with van der Waals surface area (Å²) in [5.41, 5.74) is -0.0322. The average molecular weight is 235 g/mol. The van der Waals surface area contributed by atoms with Crippen molar-refractivity contribution >= 4 is 11.8 Å². The van der Waals surface area contributed by atoms with Crippen LogP contribution in [0.2, 0.25) is 0 Å². The normalized spacial score (nSPS) is 30.5. The quantitative estimate of drug-likeness (QED) is 0.810. The third-order valence-electron chi connectivity index (χ3n) is 3.33. The zero-order valence-electron chi connectivity index (χ0n) is 9.17. The van der Waals surface area contributed by atoms with E-state index >= 15 is 0 Å². The van der Waals surface area contributed by atoms with Gasteiger partial charge in [-0.3, -0.25) is 0 Å². The summed E-state index contributed by atoms with van der Waals surface area (Å²) in [6.45, 7) is 0. The molecule has 6 heteroatoms. The SMILES string of the molecule is O=C(O)c1nccnc1NC1CC2CCC1O2. The van der Waals surface area contributed by atoms with Gasteiger partial charge in [-0.1, -0.05) is 0 Å². The van der Waals surface area contributed by atoms with E-state index in [-0.39, 0.29) is 17.8 Å². The van der Waals surface area contributed by atoms with Crippen LogP contribution in [-0.4, -0.2) is 39.3 Å². The van der Waals surface area contributed by atoms with E-state index in [1.807, 2.05) is 0 Å². The molecule has 2 aliphatic rings. The lowest BCUT2D eigenvalue weighted by Gasteiger charge is -2.20. The average Bonchev–Trinajstić information content (AvgIpc) is 2.91. The molecule has 1 aromatic rings. The highest BCUT2D eigenvalue weighted by Crippen LogP contribution is 2.35. The van der Waals surface area contributed by atoms with E-state index in [9.17, 15) is 4.79 Å². The molecule has 0 saturated carbocycles. The molecule has 0 aromatic carbocycles. The van der Waals surface area contributed by atoms with Crippen molar-refractivity contribution in [3.63, 3.8) is 0 Å². The number of carbonyl (C=O) groups is 1. The Balaban J connectivity index is 1.79. The summed E-state index contributed by atoms with van der Waals surface area (Å²) < 4.78 is 5.70. The van der Waals surface area contributed by atoms with Gasteiger partial charge in [0.2, 0.25) is 0 Å². The van der Waals surface area contributed by atoms with Gasteiger partial charge in [-0.2, -0.15) is 0 Å². The van der Waals surface area contributed by atoms with Gasteiger partial charge in [-0.05, 0) is 19.3 Å². The van der Waals surface area contributed by atoms with Gasteiger partial charge >= 0.3 is 5.97 Å². The summed E-state index contributed by atoms with van der Waals surface area (Å²) in [4.78, 5) is 18.8. The van der Waals surface area contributed by atoms with Gasteiger partial charge in [0.1, 0.15) is 0 Å². The van der Waals surface area contributed by atoms with Crippen LogP contribution in [0.4, 0.5) is 5.82 Å². The maximum absolute atomic E-state index is 11.0. The molecule has 6 nitrogen and oxygen atoms in total. The smallest absolute Gasteiger partial charge is 0.358 e. The number of nitrogens with zero attached hydrogens (tertiary/aromatic N) is 2. The second-order valence-electron chi connectivity index (χ2n) is 4.42. The Morgan fingerprint density at radius 3 is 2.88 bits per heavy atom. The first-order valence-electron chi connectivity index (χ1n) is 5.70. The second-order valence-corrected chi connectivity index (χ2v) is 4.42. The molecule has 2 bridgehead atoms. The largest absolute Gasteiger partial charge is 0.476 e. The highest BCUT2D eigenvalue weighted by Gasteiger charge is 2.41. The van der Waals surface area contributed by atoms with Crippen LogP contribution in [0, 0.1) is 0 Å². The lowest BCUT2D eigenvalue weighted by Crippen LogP contribution is -2.31. The molecule has 0 amide bonds. The van der Waals surface area contributed by atoms with Gasteiger partial charge in [0, 0.05) is 12.4 Å². The number of aromatic nitrogens is 2. The van der Waals surface area contributed by atoms with Crippen molar-refractivity contribution in [2.75, 3.05) is 5.32 Å². The predicted octanol–water partition coefficient (Wildman–Crippen LogP) is 0.907. The van der Waals surface area contributed by atoms with Crippen LogP contribution in [0.1, 0.15) is 29.8 Å². The molecule has 0 radical (unpaired) electrons. The van der Waals surface area contributed by atoms with Crippen LogP contribution in [0.25, 0.3) is 0 Å². The zero-order valence-corrected chi connectivity index (χ0v) is 9.17. The maximum atomic E-state index is 11.0. The summed E-state index contributed by atoms with van der Waals surface area (Å²) in [5.74, 6) is -0.731. The third-order valence-corrected chi connectivity index (χ3v) is 3.33. The fourth-order valence-corrected chi connectivity index (χ4v) is 2.57. The Hall–Kier alpha value is -1.69. The van der Waals surface area contributed by atoms with Crippen LogP contribution < -0.4 is 5.32 Å². The predicted molar refractivity (Wildman–Crippen MR) is 58.9 cm³/mol. The molecule has 2 aliphatic heterocycles. The first-order valence-corrected chi connectivity index (χ1v) is 5.70. The summed E-state index contributed by atoms with van der Waals surface area (Å²) in [5, 5.41) is 12.1. The lowest BCUT2D eigenvalue weighted by atomic mass is 9.95. The highest BCUT2D eigenvalue weighted by molar-refractivity contribution is 5.90. The van der Waals surface area contributed by atoms with E-state index in [4.69, 9.17) is 9.84 Å². The fourth-order valence-electron chi connectivity index (χ4n) is 2.57. The first-order chi connectivity index (χ1) is 8.24. The molecule has 2 N–H and O–H groups in total. The molecule has 0 spiro atoms. The molecule has 17 heavy (non-hydrogen) atoms. The Kier molecular flexibility index (Phi) is 2.44. The topological polar surface area (TPSA) is 84.3 Å². The third kappa shape index (κ3) is 1.84. The van der Waals surface area contributed by atoms with Crippen molar-refractivity contribution in [1.82, 2.24) is 9.97 Å². The number of carboxylic acid groups (broad SMARTS) is 1. The number of anilines is 1. The minimum atomic E-state index is -1.07. The minimum Gasteiger partial charge on any atom is -0.476 e. The number of nitrogens with one attached hydrogen (secondary N) is 1. The molecule has 2 fully saturated rings. The molecular formula is C11H13N3O3. The van der Waals surface area contributed by atoms with Crippen LogP contribution in [0.5, 0.6) is 0 Å². The van der Waals surface area contributed by atoms with Crippen molar-refractivity contribution in [2.24, 2.45) is 0 Å². The van der Waals surface area contributed by atoms with Gasteiger partial charge < -0.3 is 15.2 Å². The van der Waals surface area contributed by atoms with Crippen molar-refractivity contribution in [3.8, 4) is 0 Å². The Labute approximate surface area is 98.0 Å². The highest BCUT2D eigenvalue weighted by atomic mass is 16.5. The standard InChI is InChI=1S/C11H13N3O3/c15-11(16)9-10(13-4-3-12-9)14-7-5-6-1-2-8(7)17-6/h3-4,6-8H,1-2,5H2,(H,13,14)(H,15,16). The van der Waals surface area contributed by atoms with E-state index in [2.05, 4.69) is 15.3 Å². The number of aromatic carboxylic acids is 1. The van der Waals surface area contributed by atoms with Gasteiger partial charge in [0.05, 0.1) is 18.2 Å². The van der Waals surface area contributed by atoms with Gasteiger partial charge in [-0.25, -0.2) is 14.8 Å². The molecule has 3 atom stereocenters. The zero-order chi connectivity index (χ0) is 11.8. The maximum Gasteiger partial charge on any atom is 0.358 e. The molecular weight excluding hydrogens is 222 g/mol. The van der Waals surface area contributed by atoms with Crippen molar-refractivity contribution < 1.29 is 14.6 Å². The number of hydrogen-bond donors (Lipinski definition) is 2. The van der Waals surface area contributed by atoms with Gasteiger partial charge in [-0.15, -0.1) is 0 Å². The van der Waals surface area contributed by atoms with Crippen LogP contribution >= 0.6 is 0 Å². The summed E-state index contributed by atoms with van der Waals surface area (Å²) in [6, 6.07) is 0.156. The van der Waals surface area contributed by atoms with E-state index in [1.54, 1.807) is 0 Å². The second kappa shape index (κ2) is 3.96. The van der Waals surface area contributed by atoms with Crippen molar-refractivity contribution in [1.29, 1.82) is 0 Å². The minimum absolute atomic E-state index is 0.0322. The van der Waals surface area contributed by atoms with E-state index < -0.39 is 5.97 Å². The molecule has 2 saturated heterocycles. The van der Waals surface area contributed by atoms with Crippen LogP contribution in [0.3, 0.4) is 0 Å². The number of fused-ring (bicyclic) bond motifs is 2. The fraction of sp³-hybridized carbons (Fsp3) is 0.545. The number of hydrogen-bond acceptors (Lipinski definition) is 5. The molecule has 3 rings (SSSR count). The van der Waals surface area contributed by atoms with Gasteiger partial charge in [0.15, 0.2) is 11.5 Å². The lowest BCUT2D eigenvalue weighted by molar-refractivity contribution is 0.0690. The molecule has 1 aromatic heterocycles. The molecule has 3 unspecified atom stereocenters. The Morgan fingerprint density at radius 2 is 2.24 bits per heavy atom. The Bertz CT molecular complexity index is 451. The molecule has 3 heterocycles. The monoisotopic (exact) mass is 235 g/mol. The van der Waals surface area contributed by atoms with Crippen LogP contribution in [-0.2, 0) is 4.74 Å². The van der Waals surface area contributed by atoms with Crippen LogP contribution in [0.15, 0.2) is 12.4 Å². The van der Waals surface area contributed by atoms with Crippen molar-refractivity contribution in [3.05, 3.63) is 18.1 Å². The summed E-state index contributed by atoms with van der Waals surface area (Å²) >= 11 is 0.